The van der Waals surface area contributed by atoms with Gasteiger partial charge in [-0.15, -0.1) is 0 Å². The van der Waals surface area contributed by atoms with Crippen LogP contribution in [0.2, 0.25) is 0 Å². The summed E-state index contributed by atoms with van der Waals surface area (Å²) in [5.74, 6) is 1.52. The minimum atomic E-state index is -0.0769. The zero-order chi connectivity index (χ0) is 13.8. The molecule has 0 radical (unpaired) electrons. The maximum absolute atomic E-state index is 11.8. The molecule has 0 aliphatic carbocycles. The summed E-state index contributed by atoms with van der Waals surface area (Å²) < 4.78 is 10.7. The summed E-state index contributed by atoms with van der Waals surface area (Å²) in [4.78, 5) is 18.4. The molecule has 1 aliphatic heterocycles. The summed E-state index contributed by atoms with van der Waals surface area (Å²) in [5, 5.41) is 0. The van der Waals surface area contributed by atoms with Crippen LogP contribution in [0.25, 0.3) is 0 Å². The van der Waals surface area contributed by atoms with Gasteiger partial charge in [0.15, 0.2) is 0 Å². The van der Waals surface area contributed by atoms with Crippen LogP contribution in [-0.4, -0.2) is 35.5 Å². The second-order valence-corrected chi connectivity index (χ2v) is 5.08. The summed E-state index contributed by atoms with van der Waals surface area (Å²) in [6, 6.07) is 0. The van der Waals surface area contributed by atoms with Crippen molar-refractivity contribution in [2.75, 3.05) is 19.7 Å². The second kappa shape index (κ2) is 6.19. The summed E-state index contributed by atoms with van der Waals surface area (Å²) in [5.41, 5.74) is 0.939. The van der Waals surface area contributed by atoms with E-state index in [2.05, 4.69) is 9.88 Å². The first-order valence-electron chi connectivity index (χ1n) is 6.92. The molecule has 1 aromatic rings. The van der Waals surface area contributed by atoms with Crippen molar-refractivity contribution in [1.29, 1.82) is 0 Å². The number of aromatic nitrogens is 1. The van der Waals surface area contributed by atoms with Crippen molar-refractivity contribution in [3.05, 3.63) is 17.3 Å². The number of nitrogens with zero attached hydrogens (tertiary/aromatic N) is 2. The van der Waals surface area contributed by atoms with Crippen molar-refractivity contribution in [3.8, 4) is 0 Å². The highest BCUT2D eigenvalue weighted by Gasteiger charge is 2.27. The number of carbonyl (C=O) groups excluding carboxylic acids is 1. The predicted octanol–water partition coefficient (Wildman–Crippen LogP) is 2.07. The van der Waals surface area contributed by atoms with Gasteiger partial charge in [-0.05, 0) is 40.2 Å². The average molecular weight is 266 g/mol. The van der Waals surface area contributed by atoms with Gasteiger partial charge in [-0.3, -0.25) is 9.69 Å². The molecule has 1 saturated heterocycles. The molecule has 0 unspecified atom stereocenters. The molecule has 2 rings (SSSR count). The van der Waals surface area contributed by atoms with Gasteiger partial charge in [0.2, 0.25) is 5.89 Å². The summed E-state index contributed by atoms with van der Waals surface area (Å²) >= 11 is 0. The summed E-state index contributed by atoms with van der Waals surface area (Å²) in [6.45, 7) is 8.55. The molecule has 0 amide bonds. The lowest BCUT2D eigenvalue weighted by atomic mass is 9.98. The molecule has 0 saturated carbocycles. The Balaban J connectivity index is 1.92. The first-order valence-corrected chi connectivity index (χ1v) is 6.92. The highest BCUT2D eigenvalue weighted by atomic mass is 16.5. The van der Waals surface area contributed by atoms with E-state index in [-0.39, 0.29) is 11.9 Å². The molecule has 0 bridgehead atoms. The van der Waals surface area contributed by atoms with Crippen LogP contribution < -0.4 is 0 Å². The molecule has 1 aromatic heterocycles. The van der Waals surface area contributed by atoms with Gasteiger partial charge >= 0.3 is 5.97 Å². The molecule has 5 heteroatoms. The summed E-state index contributed by atoms with van der Waals surface area (Å²) in [7, 11) is 0. The number of oxazole rings is 1. The fourth-order valence-corrected chi connectivity index (χ4v) is 2.45. The van der Waals surface area contributed by atoms with Crippen molar-refractivity contribution in [3.63, 3.8) is 0 Å². The van der Waals surface area contributed by atoms with Crippen LogP contribution in [0.5, 0.6) is 0 Å². The number of piperidine rings is 1. The Labute approximate surface area is 113 Å². The van der Waals surface area contributed by atoms with Gasteiger partial charge in [-0.2, -0.15) is 0 Å². The zero-order valence-electron chi connectivity index (χ0n) is 11.9. The monoisotopic (exact) mass is 266 g/mol. The third kappa shape index (κ3) is 3.56. The standard InChI is InChI=1S/C14H22N2O3/c1-4-18-14(17)12-6-5-7-16(8-12)9-13-15-10(2)11(3)19-13/h12H,4-9H2,1-3H3/t12-/m0/s1. The number of rotatable bonds is 4. The Morgan fingerprint density at radius 1 is 1.53 bits per heavy atom. The topological polar surface area (TPSA) is 55.6 Å². The number of esters is 1. The molecular formula is C14H22N2O3. The van der Waals surface area contributed by atoms with Crippen molar-refractivity contribution in [2.24, 2.45) is 5.92 Å². The first kappa shape index (κ1) is 14.1. The number of hydrogen-bond acceptors (Lipinski definition) is 5. The molecule has 1 atom stereocenters. The van der Waals surface area contributed by atoms with E-state index in [0.29, 0.717) is 13.2 Å². The van der Waals surface area contributed by atoms with Crippen LogP contribution in [0, 0.1) is 19.8 Å². The average Bonchev–Trinajstić information content (AvgIpc) is 2.69. The second-order valence-electron chi connectivity index (χ2n) is 5.08. The van der Waals surface area contributed by atoms with Gasteiger partial charge in [-0.1, -0.05) is 0 Å². The SMILES string of the molecule is CCOC(=O)[C@H]1CCCN(Cc2nc(C)c(C)o2)C1. The minimum Gasteiger partial charge on any atom is -0.466 e. The zero-order valence-corrected chi connectivity index (χ0v) is 11.9. The van der Waals surface area contributed by atoms with Crippen molar-refractivity contribution >= 4 is 5.97 Å². The fraction of sp³-hybridized carbons (Fsp3) is 0.714. The van der Waals surface area contributed by atoms with E-state index in [0.717, 1.165) is 43.3 Å². The van der Waals surface area contributed by atoms with E-state index in [4.69, 9.17) is 9.15 Å². The lowest BCUT2D eigenvalue weighted by Gasteiger charge is -2.30. The fourth-order valence-electron chi connectivity index (χ4n) is 2.45. The molecule has 1 fully saturated rings. The number of ether oxygens (including phenoxy) is 1. The van der Waals surface area contributed by atoms with E-state index in [1.54, 1.807) is 0 Å². The van der Waals surface area contributed by atoms with Crippen LogP contribution in [0.15, 0.2) is 4.42 Å². The smallest absolute Gasteiger partial charge is 0.310 e. The van der Waals surface area contributed by atoms with Crippen LogP contribution in [-0.2, 0) is 16.1 Å². The van der Waals surface area contributed by atoms with Gasteiger partial charge in [0.1, 0.15) is 5.76 Å². The third-order valence-corrected chi connectivity index (χ3v) is 3.56. The van der Waals surface area contributed by atoms with E-state index in [9.17, 15) is 4.79 Å². The van der Waals surface area contributed by atoms with Gasteiger partial charge < -0.3 is 9.15 Å². The highest BCUT2D eigenvalue weighted by molar-refractivity contribution is 5.72. The molecule has 0 N–H and O–H groups in total. The maximum atomic E-state index is 11.8. The molecule has 2 heterocycles. The van der Waals surface area contributed by atoms with E-state index >= 15 is 0 Å². The number of aryl methyl sites for hydroxylation is 2. The van der Waals surface area contributed by atoms with Crippen molar-refractivity contribution in [2.45, 2.75) is 40.2 Å². The lowest BCUT2D eigenvalue weighted by Crippen LogP contribution is -2.39. The van der Waals surface area contributed by atoms with E-state index in [1.165, 1.54) is 0 Å². The minimum absolute atomic E-state index is 0.00847. The van der Waals surface area contributed by atoms with Crippen LogP contribution >= 0.6 is 0 Å². The first-order chi connectivity index (χ1) is 9.10. The Bertz CT molecular complexity index is 422. The number of carbonyl (C=O) groups is 1. The van der Waals surface area contributed by atoms with Crippen molar-refractivity contribution < 1.29 is 13.9 Å². The molecule has 5 nitrogen and oxygen atoms in total. The number of hydrogen-bond donors (Lipinski definition) is 0. The van der Waals surface area contributed by atoms with Gasteiger partial charge in [0.05, 0.1) is 24.8 Å². The van der Waals surface area contributed by atoms with Crippen LogP contribution in [0.1, 0.15) is 37.1 Å². The molecule has 0 aromatic carbocycles. The molecule has 0 spiro atoms. The number of likely N-dealkylation sites (tertiary alicyclic amines) is 1. The van der Waals surface area contributed by atoms with E-state index < -0.39 is 0 Å². The predicted molar refractivity (Wildman–Crippen MR) is 70.6 cm³/mol. The van der Waals surface area contributed by atoms with Crippen LogP contribution in [0.4, 0.5) is 0 Å². The van der Waals surface area contributed by atoms with E-state index in [1.807, 2.05) is 20.8 Å². The lowest BCUT2D eigenvalue weighted by molar-refractivity contribution is -0.150. The van der Waals surface area contributed by atoms with Crippen LogP contribution in [0.3, 0.4) is 0 Å². The van der Waals surface area contributed by atoms with Gasteiger partial charge in [0.25, 0.3) is 0 Å². The Morgan fingerprint density at radius 3 is 2.95 bits per heavy atom. The third-order valence-electron chi connectivity index (χ3n) is 3.56. The van der Waals surface area contributed by atoms with Gasteiger partial charge in [-0.25, -0.2) is 4.98 Å². The summed E-state index contributed by atoms with van der Waals surface area (Å²) in [6.07, 6.45) is 1.93. The molecule has 19 heavy (non-hydrogen) atoms. The Hall–Kier alpha value is -1.36. The Morgan fingerprint density at radius 2 is 2.32 bits per heavy atom. The normalized spacial score (nSPS) is 20.5. The molecule has 106 valence electrons. The highest BCUT2D eigenvalue weighted by Crippen LogP contribution is 2.20. The van der Waals surface area contributed by atoms with Gasteiger partial charge in [0, 0.05) is 6.54 Å². The molecule has 1 aliphatic rings. The molecular weight excluding hydrogens is 244 g/mol. The largest absolute Gasteiger partial charge is 0.466 e. The maximum Gasteiger partial charge on any atom is 0.310 e. The Kier molecular flexibility index (Phi) is 4.58. The van der Waals surface area contributed by atoms with Crippen molar-refractivity contribution in [1.82, 2.24) is 9.88 Å². The quantitative estimate of drug-likeness (QED) is 0.781.